The fraction of sp³-hybridized carbons (Fsp3) is 0.467. The van der Waals surface area contributed by atoms with Crippen molar-refractivity contribution >= 4 is 11.8 Å². The van der Waals surface area contributed by atoms with Crippen LogP contribution in [0.15, 0.2) is 24.3 Å². The van der Waals surface area contributed by atoms with Crippen molar-refractivity contribution in [3.8, 4) is 0 Å². The van der Waals surface area contributed by atoms with Crippen LogP contribution in [-0.2, 0) is 11.3 Å². The van der Waals surface area contributed by atoms with Crippen LogP contribution in [0.3, 0.4) is 0 Å². The number of amides is 2. The molecule has 20 heavy (non-hydrogen) atoms. The fourth-order valence-electron chi connectivity index (χ4n) is 2.05. The summed E-state index contributed by atoms with van der Waals surface area (Å²) < 4.78 is 0. The van der Waals surface area contributed by atoms with Gasteiger partial charge < -0.3 is 16.4 Å². The molecule has 0 aromatic heterocycles. The number of carbonyl (C=O) groups is 2. The molecule has 0 saturated heterocycles. The Bertz CT molecular complexity index is 478. The summed E-state index contributed by atoms with van der Waals surface area (Å²) in [6, 6.07) is 6.90. The first-order chi connectivity index (χ1) is 9.34. The van der Waals surface area contributed by atoms with Gasteiger partial charge in [0.1, 0.15) is 0 Å². The zero-order valence-electron chi connectivity index (χ0n) is 12.3. The molecule has 0 aliphatic rings. The molecule has 110 valence electrons. The Morgan fingerprint density at radius 2 is 1.65 bits per heavy atom. The number of likely N-dealkylation sites (N-methyl/N-ethyl adjacent to an activating group) is 1. The first kappa shape index (κ1) is 16.2. The van der Waals surface area contributed by atoms with Crippen LogP contribution in [0.25, 0.3) is 0 Å². The molecule has 0 bridgehead atoms. The lowest BCUT2D eigenvalue weighted by molar-refractivity contribution is -0.136. The van der Waals surface area contributed by atoms with Crippen LogP contribution in [0.1, 0.15) is 42.6 Å². The van der Waals surface area contributed by atoms with E-state index >= 15 is 0 Å². The van der Waals surface area contributed by atoms with E-state index in [0.29, 0.717) is 24.9 Å². The van der Waals surface area contributed by atoms with Crippen LogP contribution in [0.4, 0.5) is 0 Å². The van der Waals surface area contributed by atoms with Gasteiger partial charge in [-0.25, -0.2) is 0 Å². The van der Waals surface area contributed by atoms with Gasteiger partial charge in [0.05, 0.1) is 5.54 Å². The van der Waals surface area contributed by atoms with E-state index in [-0.39, 0.29) is 5.91 Å². The van der Waals surface area contributed by atoms with Crippen molar-refractivity contribution in [1.29, 1.82) is 0 Å². The van der Waals surface area contributed by atoms with Gasteiger partial charge in [0.15, 0.2) is 0 Å². The summed E-state index contributed by atoms with van der Waals surface area (Å²) in [7, 11) is 1.73. The van der Waals surface area contributed by atoms with E-state index in [0.717, 1.165) is 5.56 Å². The summed E-state index contributed by atoms with van der Waals surface area (Å²) in [5.41, 5.74) is 11.9. The predicted octanol–water partition coefficient (Wildman–Crippen LogP) is 1.26. The van der Waals surface area contributed by atoms with E-state index in [1.54, 1.807) is 36.2 Å². The highest BCUT2D eigenvalue weighted by Gasteiger charge is 2.32. The quantitative estimate of drug-likeness (QED) is 0.820. The van der Waals surface area contributed by atoms with Gasteiger partial charge in [0.25, 0.3) is 0 Å². The largest absolute Gasteiger partial charge is 0.366 e. The van der Waals surface area contributed by atoms with Crippen LogP contribution >= 0.6 is 0 Å². The topological polar surface area (TPSA) is 89.4 Å². The molecule has 0 fully saturated rings. The molecule has 0 spiro atoms. The number of rotatable bonds is 6. The predicted molar refractivity (Wildman–Crippen MR) is 78.9 cm³/mol. The average Bonchev–Trinajstić information content (AvgIpc) is 2.46. The molecule has 0 radical (unpaired) electrons. The van der Waals surface area contributed by atoms with E-state index in [2.05, 4.69) is 0 Å². The minimum atomic E-state index is -0.804. The average molecular weight is 277 g/mol. The Morgan fingerprint density at radius 1 is 1.15 bits per heavy atom. The molecule has 1 aromatic carbocycles. The lowest BCUT2D eigenvalue weighted by Crippen LogP contribution is -2.53. The van der Waals surface area contributed by atoms with Crippen molar-refractivity contribution in [3.05, 3.63) is 35.4 Å². The van der Waals surface area contributed by atoms with E-state index in [1.807, 2.05) is 13.8 Å². The Labute approximate surface area is 119 Å². The highest BCUT2D eigenvalue weighted by Crippen LogP contribution is 2.16. The molecule has 4 N–H and O–H groups in total. The molecule has 1 rings (SSSR count). The van der Waals surface area contributed by atoms with Crippen molar-refractivity contribution in [2.45, 2.75) is 38.8 Å². The van der Waals surface area contributed by atoms with Crippen LogP contribution < -0.4 is 11.5 Å². The first-order valence-electron chi connectivity index (χ1n) is 6.77. The second-order valence-electron chi connectivity index (χ2n) is 5.09. The number of hydrogen-bond acceptors (Lipinski definition) is 3. The molecule has 5 heteroatoms. The van der Waals surface area contributed by atoms with Gasteiger partial charge in [0, 0.05) is 19.2 Å². The highest BCUT2D eigenvalue weighted by molar-refractivity contribution is 5.92. The lowest BCUT2D eigenvalue weighted by Gasteiger charge is -2.30. The number of hydrogen-bond donors (Lipinski definition) is 2. The molecule has 0 aliphatic heterocycles. The zero-order chi connectivity index (χ0) is 15.3. The molecule has 0 atom stereocenters. The Balaban J connectivity index is 2.77. The maximum Gasteiger partial charge on any atom is 0.248 e. The molecule has 0 heterocycles. The summed E-state index contributed by atoms with van der Waals surface area (Å²) in [6.45, 7) is 4.28. The van der Waals surface area contributed by atoms with E-state index in [4.69, 9.17) is 11.5 Å². The van der Waals surface area contributed by atoms with Crippen LogP contribution in [0.5, 0.6) is 0 Å². The smallest absolute Gasteiger partial charge is 0.248 e. The number of benzene rings is 1. The normalized spacial score (nSPS) is 11.2. The second-order valence-corrected chi connectivity index (χ2v) is 5.09. The van der Waals surface area contributed by atoms with Crippen molar-refractivity contribution in [2.75, 3.05) is 7.05 Å². The Morgan fingerprint density at radius 3 is 2.05 bits per heavy atom. The summed E-state index contributed by atoms with van der Waals surface area (Å²) in [5.74, 6) is -0.527. The van der Waals surface area contributed by atoms with E-state index in [1.165, 1.54) is 0 Å². The maximum absolute atomic E-state index is 12.3. The maximum atomic E-state index is 12.3. The minimum Gasteiger partial charge on any atom is -0.366 e. The molecule has 0 aliphatic carbocycles. The van der Waals surface area contributed by atoms with Crippen molar-refractivity contribution < 1.29 is 9.59 Å². The van der Waals surface area contributed by atoms with Crippen LogP contribution in [0, 0.1) is 0 Å². The number of primary amides is 1. The van der Waals surface area contributed by atoms with E-state index in [9.17, 15) is 9.59 Å². The van der Waals surface area contributed by atoms with Gasteiger partial charge in [-0.05, 0) is 30.5 Å². The monoisotopic (exact) mass is 277 g/mol. The van der Waals surface area contributed by atoms with Crippen molar-refractivity contribution in [1.82, 2.24) is 4.90 Å². The number of carbonyl (C=O) groups excluding carboxylic acids is 2. The SMILES string of the molecule is CCC(N)(CC)C(=O)N(C)Cc1ccc(C(N)=O)cc1. The third kappa shape index (κ3) is 3.57. The summed E-state index contributed by atoms with van der Waals surface area (Å²) in [5, 5.41) is 0. The van der Waals surface area contributed by atoms with E-state index < -0.39 is 11.4 Å². The van der Waals surface area contributed by atoms with Crippen LogP contribution in [-0.4, -0.2) is 29.3 Å². The molecule has 0 saturated carbocycles. The Hall–Kier alpha value is -1.88. The standard InChI is InChI=1S/C15H23N3O2/c1-4-15(17,5-2)14(20)18(3)10-11-6-8-12(9-7-11)13(16)19/h6-9H,4-5,10,17H2,1-3H3,(H2,16,19). The van der Waals surface area contributed by atoms with Gasteiger partial charge in [-0.15, -0.1) is 0 Å². The molecule has 1 aromatic rings. The van der Waals surface area contributed by atoms with Crippen molar-refractivity contribution in [3.63, 3.8) is 0 Å². The molecule has 5 nitrogen and oxygen atoms in total. The molecule has 2 amide bonds. The van der Waals surface area contributed by atoms with Gasteiger partial charge in [-0.1, -0.05) is 26.0 Å². The van der Waals surface area contributed by atoms with Gasteiger partial charge in [0.2, 0.25) is 11.8 Å². The summed E-state index contributed by atoms with van der Waals surface area (Å²) in [6.07, 6.45) is 1.21. The van der Waals surface area contributed by atoms with Gasteiger partial charge in [-0.2, -0.15) is 0 Å². The van der Waals surface area contributed by atoms with Crippen LogP contribution in [0.2, 0.25) is 0 Å². The molecular formula is C15H23N3O2. The lowest BCUT2D eigenvalue weighted by atomic mass is 9.92. The minimum absolute atomic E-state index is 0.0681. The second kappa shape index (κ2) is 6.52. The van der Waals surface area contributed by atoms with Crippen molar-refractivity contribution in [2.24, 2.45) is 11.5 Å². The summed E-state index contributed by atoms with van der Waals surface area (Å²) in [4.78, 5) is 24.9. The number of nitrogens with two attached hydrogens (primary N) is 2. The third-order valence-corrected chi connectivity index (χ3v) is 3.69. The first-order valence-corrected chi connectivity index (χ1v) is 6.77. The zero-order valence-corrected chi connectivity index (χ0v) is 12.3. The fourth-order valence-corrected chi connectivity index (χ4v) is 2.05. The Kier molecular flexibility index (Phi) is 5.27. The number of nitrogens with zero attached hydrogens (tertiary/aromatic N) is 1. The summed E-state index contributed by atoms with van der Waals surface area (Å²) >= 11 is 0. The molecular weight excluding hydrogens is 254 g/mol. The van der Waals surface area contributed by atoms with Gasteiger partial charge >= 0.3 is 0 Å². The van der Waals surface area contributed by atoms with Gasteiger partial charge in [-0.3, -0.25) is 9.59 Å². The third-order valence-electron chi connectivity index (χ3n) is 3.69. The highest BCUT2D eigenvalue weighted by atomic mass is 16.2. The molecule has 0 unspecified atom stereocenters.